The molecule has 5 heteroatoms. The maximum atomic E-state index is 4.64. The summed E-state index contributed by atoms with van der Waals surface area (Å²) in [6.45, 7) is 5.01. The molecule has 2 aromatic heterocycles. The van der Waals surface area contributed by atoms with Crippen LogP contribution in [0.2, 0.25) is 0 Å². The van der Waals surface area contributed by atoms with Gasteiger partial charge < -0.3 is 5.32 Å². The van der Waals surface area contributed by atoms with Gasteiger partial charge in [-0.2, -0.15) is 5.10 Å². The standard InChI is InChI=1S/C18H21N5/c1-14(15(2)23-12-6-10-21-23)20-13-17-9-11-19-18(22-17)16-7-4-3-5-8-16/h3-12,14-15,20H,13H2,1-2H3. The molecule has 1 aromatic carbocycles. The molecule has 2 unspecified atom stereocenters. The van der Waals surface area contributed by atoms with Crippen molar-refractivity contribution in [2.75, 3.05) is 0 Å². The molecule has 0 aliphatic heterocycles. The van der Waals surface area contributed by atoms with E-state index in [1.807, 2.05) is 59.5 Å². The van der Waals surface area contributed by atoms with Gasteiger partial charge in [0.05, 0.1) is 11.7 Å². The molecule has 0 spiro atoms. The maximum absolute atomic E-state index is 4.64. The van der Waals surface area contributed by atoms with Crippen LogP contribution in [-0.2, 0) is 6.54 Å². The average molecular weight is 307 g/mol. The van der Waals surface area contributed by atoms with Crippen LogP contribution in [0.25, 0.3) is 11.4 Å². The zero-order valence-electron chi connectivity index (χ0n) is 13.4. The van der Waals surface area contributed by atoms with E-state index < -0.39 is 0 Å². The Bertz CT molecular complexity index is 724. The predicted molar refractivity (Wildman–Crippen MR) is 90.7 cm³/mol. The van der Waals surface area contributed by atoms with Crippen molar-refractivity contribution < 1.29 is 0 Å². The highest BCUT2D eigenvalue weighted by Crippen LogP contribution is 2.14. The summed E-state index contributed by atoms with van der Waals surface area (Å²) in [6.07, 6.45) is 5.61. The molecule has 23 heavy (non-hydrogen) atoms. The minimum absolute atomic E-state index is 0.278. The Morgan fingerprint density at radius 1 is 1.04 bits per heavy atom. The predicted octanol–water partition coefficient (Wildman–Crippen LogP) is 3.08. The third-order valence-corrected chi connectivity index (χ3v) is 4.02. The summed E-state index contributed by atoms with van der Waals surface area (Å²) in [5.74, 6) is 0.762. The fourth-order valence-electron chi connectivity index (χ4n) is 2.41. The molecule has 0 saturated heterocycles. The summed E-state index contributed by atoms with van der Waals surface area (Å²) in [5, 5.41) is 7.81. The van der Waals surface area contributed by atoms with Gasteiger partial charge in [0.15, 0.2) is 5.82 Å². The van der Waals surface area contributed by atoms with Crippen LogP contribution in [0.4, 0.5) is 0 Å². The van der Waals surface area contributed by atoms with Gasteiger partial charge in [-0.25, -0.2) is 9.97 Å². The molecule has 1 N–H and O–H groups in total. The molecule has 3 aromatic rings. The van der Waals surface area contributed by atoms with Crippen LogP contribution in [0.3, 0.4) is 0 Å². The number of hydrogen-bond acceptors (Lipinski definition) is 4. The second-order valence-corrected chi connectivity index (χ2v) is 5.63. The van der Waals surface area contributed by atoms with Crippen LogP contribution in [0.1, 0.15) is 25.6 Å². The van der Waals surface area contributed by atoms with E-state index in [0.29, 0.717) is 6.54 Å². The molecule has 0 fully saturated rings. The summed E-state index contributed by atoms with van der Waals surface area (Å²) in [5.41, 5.74) is 2.02. The molecular weight excluding hydrogens is 286 g/mol. The smallest absolute Gasteiger partial charge is 0.159 e. The summed E-state index contributed by atoms with van der Waals surface area (Å²) in [4.78, 5) is 9.00. The first-order valence-electron chi connectivity index (χ1n) is 7.84. The largest absolute Gasteiger partial charge is 0.307 e. The fourth-order valence-corrected chi connectivity index (χ4v) is 2.41. The van der Waals surface area contributed by atoms with E-state index in [2.05, 4.69) is 34.2 Å². The molecular formula is C18H21N5. The van der Waals surface area contributed by atoms with Gasteiger partial charge in [0, 0.05) is 36.7 Å². The number of benzene rings is 1. The van der Waals surface area contributed by atoms with Gasteiger partial charge in [-0.3, -0.25) is 4.68 Å². The SMILES string of the molecule is CC(NCc1ccnc(-c2ccccc2)n1)C(C)n1cccn1. The third kappa shape index (κ3) is 3.81. The van der Waals surface area contributed by atoms with Crippen LogP contribution in [-0.4, -0.2) is 25.8 Å². The van der Waals surface area contributed by atoms with Crippen molar-refractivity contribution in [3.05, 3.63) is 66.7 Å². The molecule has 0 aliphatic carbocycles. The quantitative estimate of drug-likeness (QED) is 0.760. The number of rotatable bonds is 6. The maximum Gasteiger partial charge on any atom is 0.159 e. The van der Waals surface area contributed by atoms with E-state index in [1.54, 1.807) is 6.20 Å². The average Bonchev–Trinajstić information content (AvgIpc) is 3.14. The number of nitrogens with one attached hydrogen (secondary N) is 1. The number of aromatic nitrogens is 4. The molecule has 0 amide bonds. The van der Waals surface area contributed by atoms with Crippen molar-refractivity contribution in [1.82, 2.24) is 25.1 Å². The number of hydrogen-bond donors (Lipinski definition) is 1. The summed E-state index contributed by atoms with van der Waals surface area (Å²) in [6, 6.07) is 14.5. The first-order valence-corrected chi connectivity index (χ1v) is 7.84. The van der Waals surface area contributed by atoms with Crippen LogP contribution >= 0.6 is 0 Å². The zero-order valence-corrected chi connectivity index (χ0v) is 13.4. The van der Waals surface area contributed by atoms with E-state index in [9.17, 15) is 0 Å². The van der Waals surface area contributed by atoms with Gasteiger partial charge in [0.2, 0.25) is 0 Å². The Morgan fingerprint density at radius 3 is 2.61 bits per heavy atom. The first kappa shape index (κ1) is 15.4. The molecule has 0 aliphatic rings. The number of nitrogens with zero attached hydrogens (tertiary/aromatic N) is 4. The molecule has 0 saturated carbocycles. The highest BCUT2D eigenvalue weighted by atomic mass is 15.3. The summed E-state index contributed by atoms with van der Waals surface area (Å²) >= 11 is 0. The summed E-state index contributed by atoms with van der Waals surface area (Å²) in [7, 11) is 0. The zero-order chi connectivity index (χ0) is 16.1. The second kappa shape index (κ2) is 7.15. The lowest BCUT2D eigenvalue weighted by molar-refractivity contribution is 0.363. The molecule has 0 bridgehead atoms. The van der Waals surface area contributed by atoms with Gasteiger partial charge in [0.1, 0.15) is 0 Å². The molecule has 118 valence electrons. The van der Waals surface area contributed by atoms with Crippen molar-refractivity contribution in [1.29, 1.82) is 0 Å². The molecule has 0 radical (unpaired) electrons. The third-order valence-electron chi connectivity index (χ3n) is 4.02. The fraction of sp³-hybridized carbons (Fsp3) is 0.278. The lowest BCUT2D eigenvalue weighted by Gasteiger charge is -2.21. The highest BCUT2D eigenvalue weighted by molar-refractivity contribution is 5.54. The monoisotopic (exact) mass is 307 g/mol. The Hall–Kier alpha value is -2.53. The Morgan fingerprint density at radius 2 is 1.87 bits per heavy atom. The molecule has 2 atom stereocenters. The lowest BCUT2D eigenvalue weighted by Crippen LogP contribution is -2.33. The normalized spacial score (nSPS) is 13.7. The summed E-state index contributed by atoms with van der Waals surface area (Å²) < 4.78 is 1.97. The van der Waals surface area contributed by atoms with Crippen molar-refractivity contribution in [3.63, 3.8) is 0 Å². The Kier molecular flexibility index (Phi) is 4.78. The molecule has 3 rings (SSSR count). The Balaban J connectivity index is 1.64. The van der Waals surface area contributed by atoms with Crippen LogP contribution in [0, 0.1) is 0 Å². The van der Waals surface area contributed by atoms with Crippen LogP contribution in [0.5, 0.6) is 0 Å². The minimum atomic E-state index is 0.278. The van der Waals surface area contributed by atoms with Crippen molar-refractivity contribution in [2.24, 2.45) is 0 Å². The van der Waals surface area contributed by atoms with E-state index in [0.717, 1.165) is 17.1 Å². The molecule has 5 nitrogen and oxygen atoms in total. The van der Waals surface area contributed by atoms with E-state index in [1.165, 1.54) is 0 Å². The topological polar surface area (TPSA) is 55.6 Å². The molecule has 2 heterocycles. The van der Waals surface area contributed by atoms with Crippen LogP contribution in [0.15, 0.2) is 61.1 Å². The van der Waals surface area contributed by atoms with Crippen molar-refractivity contribution >= 4 is 0 Å². The van der Waals surface area contributed by atoms with E-state index >= 15 is 0 Å². The van der Waals surface area contributed by atoms with Gasteiger partial charge in [0.25, 0.3) is 0 Å². The van der Waals surface area contributed by atoms with Crippen molar-refractivity contribution in [3.8, 4) is 11.4 Å². The van der Waals surface area contributed by atoms with Gasteiger partial charge in [-0.05, 0) is 26.0 Å². The highest BCUT2D eigenvalue weighted by Gasteiger charge is 2.13. The van der Waals surface area contributed by atoms with Gasteiger partial charge in [-0.15, -0.1) is 0 Å². The van der Waals surface area contributed by atoms with Gasteiger partial charge in [-0.1, -0.05) is 30.3 Å². The van der Waals surface area contributed by atoms with Crippen molar-refractivity contribution in [2.45, 2.75) is 32.5 Å². The first-order chi connectivity index (χ1) is 11.2. The minimum Gasteiger partial charge on any atom is -0.307 e. The Labute approximate surface area is 136 Å². The van der Waals surface area contributed by atoms with E-state index in [4.69, 9.17) is 0 Å². The second-order valence-electron chi connectivity index (χ2n) is 5.63. The van der Waals surface area contributed by atoms with E-state index in [-0.39, 0.29) is 12.1 Å². The lowest BCUT2D eigenvalue weighted by atomic mass is 10.1. The van der Waals surface area contributed by atoms with Gasteiger partial charge >= 0.3 is 0 Å². The van der Waals surface area contributed by atoms with Crippen LogP contribution < -0.4 is 5.32 Å².